The highest BCUT2D eigenvalue weighted by atomic mass is 35.5. The zero-order valence-corrected chi connectivity index (χ0v) is 11.8. The number of amides is 2. The third-order valence-corrected chi connectivity index (χ3v) is 3.53. The Morgan fingerprint density at radius 1 is 1.30 bits per heavy atom. The Hall–Kier alpha value is -1.59. The number of benzene rings is 1. The Morgan fingerprint density at radius 2 is 1.90 bits per heavy atom. The molecule has 2 amide bonds. The fourth-order valence-corrected chi connectivity index (χ4v) is 2.20. The lowest BCUT2D eigenvalue weighted by Gasteiger charge is -2.25. The Balaban J connectivity index is 2.05. The molecule has 0 heterocycles. The predicted octanol–water partition coefficient (Wildman–Crippen LogP) is 1.03. The number of rotatable bonds is 6. The molecule has 1 aliphatic carbocycles. The van der Waals surface area contributed by atoms with Gasteiger partial charge in [0.15, 0.2) is 0 Å². The van der Waals surface area contributed by atoms with E-state index in [1.165, 1.54) is 0 Å². The lowest BCUT2D eigenvalue weighted by molar-refractivity contribution is -0.135. The summed E-state index contributed by atoms with van der Waals surface area (Å²) >= 11 is 5.84. The maximum absolute atomic E-state index is 12.3. The summed E-state index contributed by atoms with van der Waals surface area (Å²) in [5.41, 5.74) is 11.8. The van der Waals surface area contributed by atoms with E-state index in [0.29, 0.717) is 11.6 Å². The second-order valence-corrected chi connectivity index (χ2v) is 5.54. The number of carbonyl (C=O) groups is 2. The fourth-order valence-electron chi connectivity index (χ4n) is 2.08. The van der Waals surface area contributed by atoms with E-state index in [4.69, 9.17) is 23.1 Å². The molecule has 6 heteroatoms. The number of hydrogen-bond donors (Lipinski definition) is 2. The Morgan fingerprint density at radius 3 is 2.40 bits per heavy atom. The second-order valence-electron chi connectivity index (χ2n) is 5.10. The van der Waals surface area contributed by atoms with Gasteiger partial charge in [-0.05, 0) is 30.5 Å². The lowest BCUT2D eigenvalue weighted by atomic mass is 10.1. The van der Waals surface area contributed by atoms with Gasteiger partial charge < -0.3 is 16.4 Å². The van der Waals surface area contributed by atoms with E-state index in [9.17, 15) is 9.59 Å². The molecule has 1 unspecified atom stereocenters. The third kappa shape index (κ3) is 3.95. The largest absolute Gasteiger partial charge is 0.370 e. The van der Waals surface area contributed by atoms with Gasteiger partial charge >= 0.3 is 0 Å². The second kappa shape index (κ2) is 6.24. The maximum atomic E-state index is 12.3. The van der Waals surface area contributed by atoms with Gasteiger partial charge in [0.1, 0.15) is 0 Å². The molecule has 0 aliphatic heterocycles. The Bertz CT molecular complexity index is 500. The molecular weight excluding hydrogens is 278 g/mol. The smallest absolute Gasteiger partial charge is 0.240 e. The summed E-state index contributed by atoms with van der Waals surface area (Å²) < 4.78 is 0. The van der Waals surface area contributed by atoms with Crippen LogP contribution in [0.15, 0.2) is 24.3 Å². The number of nitrogens with two attached hydrogens (primary N) is 2. The van der Waals surface area contributed by atoms with Crippen LogP contribution in [0.5, 0.6) is 0 Å². The first kappa shape index (κ1) is 14.8. The Labute approximate surface area is 122 Å². The summed E-state index contributed by atoms with van der Waals surface area (Å²) in [5, 5.41) is 0.656. The summed E-state index contributed by atoms with van der Waals surface area (Å²) in [4.78, 5) is 24.9. The van der Waals surface area contributed by atoms with E-state index in [1.807, 2.05) is 12.1 Å². The van der Waals surface area contributed by atoms with Gasteiger partial charge in [0.2, 0.25) is 11.8 Å². The van der Waals surface area contributed by atoms with Crippen molar-refractivity contribution in [3.8, 4) is 0 Å². The van der Waals surface area contributed by atoms with Crippen LogP contribution < -0.4 is 11.5 Å². The van der Waals surface area contributed by atoms with E-state index in [1.54, 1.807) is 17.0 Å². The molecule has 0 radical (unpaired) electrons. The van der Waals surface area contributed by atoms with E-state index < -0.39 is 11.9 Å². The van der Waals surface area contributed by atoms with Crippen molar-refractivity contribution in [2.75, 3.05) is 0 Å². The quantitative estimate of drug-likeness (QED) is 0.821. The fraction of sp³-hybridized carbons (Fsp3) is 0.429. The first-order valence-corrected chi connectivity index (χ1v) is 6.94. The molecule has 5 nitrogen and oxygen atoms in total. The Kier molecular flexibility index (Phi) is 4.62. The molecule has 1 saturated carbocycles. The van der Waals surface area contributed by atoms with Gasteiger partial charge in [-0.15, -0.1) is 0 Å². The number of carbonyl (C=O) groups excluding carboxylic acids is 2. The maximum Gasteiger partial charge on any atom is 0.240 e. The van der Waals surface area contributed by atoms with Crippen molar-refractivity contribution < 1.29 is 9.59 Å². The van der Waals surface area contributed by atoms with Crippen LogP contribution >= 0.6 is 11.6 Å². The molecule has 0 aromatic heterocycles. The molecule has 0 saturated heterocycles. The number of nitrogens with zero attached hydrogens (tertiary/aromatic N) is 1. The van der Waals surface area contributed by atoms with Crippen molar-refractivity contribution >= 4 is 23.4 Å². The summed E-state index contributed by atoms with van der Waals surface area (Å²) in [7, 11) is 0. The molecular formula is C14H18ClN3O2. The van der Waals surface area contributed by atoms with Crippen LogP contribution in [0.25, 0.3) is 0 Å². The van der Waals surface area contributed by atoms with Crippen LogP contribution in [0, 0.1) is 0 Å². The van der Waals surface area contributed by atoms with E-state index >= 15 is 0 Å². The summed E-state index contributed by atoms with van der Waals surface area (Å²) in [6, 6.07) is 6.69. The van der Waals surface area contributed by atoms with Crippen LogP contribution in [0.4, 0.5) is 0 Å². The standard InChI is InChI=1S/C14H18ClN3O2/c15-10-3-1-9(2-4-10)8-18(11-5-6-11)14(20)12(16)7-13(17)19/h1-4,11-12H,5-8,16H2,(H2,17,19). The first-order chi connectivity index (χ1) is 9.47. The minimum absolute atomic E-state index is 0.122. The number of halogens is 1. The molecule has 20 heavy (non-hydrogen) atoms. The van der Waals surface area contributed by atoms with Crippen LogP contribution in [0.2, 0.25) is 5.02 Å². The zero-order chi connectivity index (χ0) is 14.7. The van der Waals surface area contributed by atoms with Gasteiger partial charge in [-0.2, -0.15) is 0 Å². The highest BCUT2D eigenvalue weighted by Gasteiger charge is 2.35. The van der Waals surface area contributed by atoms with Crippen molar-refractivity contribution in [2.45, 2.75) is 37.9 Å². The van der Waals surface area contributed by atoms with E-state index in [2.05, 4.69) is 0 Å². The van der Waals surface area contributed by atoms with Gasteiger partial charge in [-0.25, -0.2) is 0 Å². The third-order valence-electron chi connectivity index (χ3n) is 3.28. The average molecular weight is 296 g/mol. The minimum Gasteiger partial charge on any atom is -0.370 e. The van der Waals surface area contributed by atoms with Crippen molar-refractivity contribution in [1.29, 1.82) is 0 Å². The molecule has 0 bridgehead atoms. The summed E-state index contributed by atoms with van der Waals surface area (Å²) in [6.07, 6.45) is 1.83. The number of hydrogen-bond acceptors (Lipinski definition) is 3. The monoisotopic (exact) mass is 295 g/mol. The van der Waals surface area contributed by atoms with Gasteiger partial charge in [-0.3, -0.25) is 9.59 Å². The first-order valence-electron chi connectivity index (χ1n) is 6.56. The molecule has 1 aliphatic rings. The van der Waals surface area contributed by atoms with Crippen molar-refractivity contribution in [1.82, 2.24) is 4.90 Å². The van der Waals surface area contributed by atoms with Crippen LogP contribution in [-0.4, -0.2) is 28.8 Å². The van der Waals surface area contributed by atoms with Crippen molar-refractivity contribution in [3.05, 3.63) is 34.9 Å². The molecule has 1 aromatic rings. The van der Waals surface area contributed by atoms with Gasteiger partial charge in [0.05, 0.1) is 12.5 Å². The molecule has 4 N–H and O–H groups in total. The molecule has 1 fully saturated rings. The lowest BCUT2D eigenvalue weighted by Crippen LogP contribution is -2.46. The zero-order valence-electron chi connectivity index (χ0n) is 11.1. The van der Waals surface area contributed by atoms with Gasteiger partial charge in [0, 0.05) is 17.6 Å². The molecule has 2 rings (SSSR count). The van der Waals surface area contributed by atoms with Crippen molar-refractivity contribution in [2.24, 2.45) is 11.5 Å². The average Bonchev–Trinajstić information content (AvgIpc) is 3.21. The highest BCUT2D eigenvalue weighted by molar-refractivity contribution is 6.30. The molecule has 1 aromatic carbocycles. The highest BCUT2D eigenvalue weighted by Crippen LogP contribution is 2.29. The predicted molar refractivity (Wildman–Crippen MR) is 76.8 cm³/mol. The molecule has 0 spiro atoms. The molecule has 1 atom stereocenters. The normalized spacial score (nSPS) is 15.7. The SMILES string of the molecule is NC(=O)CC(N)C(=O)N(Cc1ccc(Cl)cc1)C1CC1. The summed E-state index contributed by atoms with van der Waals surface area (Å²) in [5.74, 6) is -0.783. The van der Waals surface area contributed by atoms with Crippen LogP contribution in [0.3, 0.4) is 0 Å². The van der Waals surface area contributed by atoms with E-state index in [-0.39, 0.29) is 18.4 Å². The topological polar surface area (TPSA) is 89.4 Å². The number of primary amides is 1. The van der Waals surface area contributed by atoms with Gasteiger partial charge in [0.25, 0.3) is 0 Å². The molecule has 108 valence electrons. The van der Waals surface area contributed by atoms with Gasteiger partial charge in [-0.1, -0.05) is 23.7 Å². The van der Waals surface area contributed by atoms with E-state index in [0.717, 1.165) is 18.4 Å². The van der Waals surface area contributed by atoms with Crippen molar-refractivity contribution in [3.63, 3.8) is 0 Å². The summed E-state index contributed by atoms with van der Waals surface area (Å²) in [6.45, 7) is 0.479. The van der Waals surface area contributed by atoms with Crippen LogP contribution in [-0.2, 0) is 16.1 Å². The minimum atomic E-state index is -0.861. The van der Waals surface area contributed by atoms with Crippen LogP contribution in [0.1, 0.15) is 24.8 Å².